The van der Waals surface area contributed by atoms with Gasteiger partial charge in [0.25, 0.3) is 5.91 Å². The van der Waals surface area contributed by atoms with Gasteiger partial charge in [0, 0.05) is 28.1 Å². The number of ether oxygens (including phenoxy) is 1. The number of amides is 1. The van der Waals surface area contributed by atoms with Gasteiger partial charge in [-0.05, 0) is 61.8 Å². The highest BCUT2D eigenvalue weighted by atomic mass is 32.1. The number of carbonyl (C=O) groups excluding carboxylic acids is 2. The van der Waals surface area contributed by atoms with Crippen molar-refractivity contribution in [1.29, 1.82) is 0 Å². The zero-order valence-corrected chi connectivity index (χ0v) is 21.8. The summed E-state index contributed by atoms with van der Waals surface area (Å²) in [5.74, 6) is -1.45. The molecule has 1 amide bonds. The van der Waals surface area contributed by atoms with E-state index in [0.29, 0.717) is 70.5 Å². The molecule has 0 spiro atoms. The summed E-state index contributed by atoms with van der Waals surface area (Å²) in [5, 5.41) is 25.6. The first-order chi connectivity index (χ1) is 18.1. The van der Waals surface area contributed by atoms with Crippen molar-refractivity contribution in [2.24, 2.45) is 0 Å². The molecular weight excluding hydrogens is 509 g/mol. The average Bonchev–Trinajstić information content (AvgIpc) is 3.55. The lowest BCUT2D eigenvalue weighted by atomic mass is 9.81. The summed E-state index contributed by atoms with van der Waals surface area (Å²) >= 11 is 5.84. The van der Waals surface area contributed by atoms with Gasteiger partial charge in [-0.3, -0.25) is 4.79 Å². The average molecular weight is 536 g/mol. The summed E-state index contributed by atoms with van der Waals surface area (Å²) in [4.78, 5) is 30.3. The molecule has 0 unspecified atom stereocenters. The van der Waals surface area contributed by atoms with E-state index >= 15 is 4.39 Å². The van der Waals surface area contributed by atoms with Crippen molar-refractivity contribution >= 4 is 35.0 Å². The molecule has 38 heavy (non-hydrogen) atoms. The Balaban J connectivity index is 1.49. The summed E-state index contributed by atoms with van der Waals surface area (Å²) in [6, 6.07) is 2.78. The lowest BCUT2D eigenvalue weighted by molar-refractivity contribution is -0.172. The summed E-state index contributed by atoms with van der Waals surface area (Å²) in [5.41, 5.74) is 2.70. The van der Waals surface area contributed by atoms with Crippen LogP contribution in [0, 0.1) is 17.4 Å². The second-order valence-corrected chi connectivity index (χ2v) is 11.3. The molecule has 2 aliphatic carbocycles. The Hall–Kier alpha value is -3.21. The summed E-state index contributed by atoms with van der Waals surface area (Å²) in [6.45, 7) is 3.81. The van der Waals surface area contributed by atoms with E-state index in [1.54, 1.807) is 19.9 Å². The normalized spacial score (nSPS) is 23.9. The van der Waals surface area contributed by atoms with E-state index in [2.05, 4.69) is 5.32 Å². The predicted octanol–water partition coefficient (Wildman–Crippen LogP) is 3.52. The van der Waals surface area contributed by atoms with Crippen molar-refractivity contribution in [3.63, 3.8) is 0 Å². The van der Waals surface area contributed by atoms with Crippen LogP contribution in [0.5, 0.6) is 0 Å². The van der Waals surface area contributed by atoms with Crippen LogP contribution < -0.4 is 5.32 Å². The maximum Gasteiger partial charge on any atom is 0.343 e. The minimum absolute atomic E-state index is 0.0278. The molecule has 1 saturated carbocycles. The van der Waals surface area contributed by atoms with Crippen molar-refractivity contribution in [2.75, 3.05) is 0 Å². The molecule has 4 aliphatic rings. The van der Waals surface area contributed by atoms with Gasteiger partial charge in [0.1, 0.15) is 22.7 Å². The highest BCUT2D eigenvalue weighted by Gasteiger charge is 2.49. The third kappa shape index (κ3) is 3.02. The molecule has 1 fully saturated rings. The number of halogens is 1. The Bertz CT molecular complexity index is 1690. The third-order valence-electron chi connectivity index (χ3n) is 8.83. The van der Waals surface area contributed by atoms with Gasteiger partial charge in [-0.25, -0.2) is 14.2 Å². The molecule has 0 saturated heterocycles. The lowest BCUT2D eigenvalue weighted by Crippen LogP contribution is -2.41. The Kier molecular flexibility index (Phi) is 4.82. The second-order valence-electron chi connectivity index (χ2n) is 10.9. The van der Waals surface area contributed by atoms with E-state index in [0.717, 1.165) is 22.1 Å². The van der Waals surface area contributed by atoms with E-state index in [9.17, 15) is 19.8 Å². The van der Waals surface area contributed by atoms with Crippen LogP contribution in [0.4, 0.5) is 4.39 Å². The Morgan fingerprint density at radius 3 is 2.76 bits per heavy atom. The fourth-order valence-corrected chi connectivity index (χ4v) is 6.67. The zero-order chi connectivity index (χ0) is 26.7. The van der Waals surface area contributed by atoms with Crippen LogP contribution in [0.25, 0.3) is 22.3 Å². The van der Waals surface area contributed by atoms with Crippen LogP contribution in [-0.2, 0) is 39.5 Å². The molecule has 7 rings (SSSR count). The van der Waals surface area contributed by atoms with Crippen LogP contribution in [-0.4, -0.2) is 37.2 Å². The van der Waals surface area contributed by atoms with E-state index < -0.39 is 23.1 Å². The topological polar surface area (TPSA) is 114 Å². The van der Waals surface area contributed by atoms with Gasteiger partial charge in [0.2, 0.25) is 0 Å². The number of nitrogens with zero attached hydrogens (tertiary/aromatic N) is 2. The number of benzene rings is 1. The summed E-state index contributed by atoms with van der Waals surface area (Å²) < 4.78 is 22.6. The summed E-state index contributed by atoms with van der Waals surface area (Å²) in [7, 11) is 0. The van der Waals surface area contributed by atoms with Gasteiger partial charge >= 0.3 is 5.97 Å². The Morgan fingerprint density at radius 1 is 1.29 bits per heavy atom. The van der Waals surface area contributed by atoms with Crippen molar-refractivity contribution < 1.29 is 28.9 Å². The molecule has 1 aromatic carbocycles. The van der Waals surface area contributed by atoms with Gasteiger partial charge in [0.15, 0.2) is 5.60 Å². The maximum absolute atomic E-state index is 15.0. The first kappa shape index (κ1) is 23.9. The molecule has 0 radical (unpaired) electrons. The molecule has 0 bridgehead atoms. The maximum atomic E-state index is 15.0. The van der Waals surface area contributed by atoms with Crippen molar-refractivity contribution in [3.05, 3.63) is 56.0 Å². The Labute approximate surface area is 222 Å². The smallest absolute Gasteiger partial charge is 0.343 e. The van der Waals surface area contributed by atoms with Gasteiger partial charge in [0.05, 0.1) is 29.5 Å². The monoisotopic (exact) mass is 535 g/mol. The molecular formula is C28H26FN3O5S. The van der Waals surface area contributed by atoms with Crippen LogP contribution in [0.15, 0.2) is 12.1 Å². The highest BCUT2D eigenvalue weighted by molar-refractivity contribution is 7.71. The zero-order valence-electron chi connectivity index (χ0n) is 21.0. The lowest BCUT2D eigenvalue weighted by Gasteiger charge is -2.32. The third-order valence-corrected chi connectivity index (χ3v) is 9.30. The molecule has 2 atom stereocenters. The number of nitrogens with one attached hydrogen (secondary N) is 1. The van der Waals surface area contributed by atoms with E-state index in [1.165, 1.54) is 6.07 Å². The van der Waals surface area contributed by atoms with Crippen LogP contribution in [0.2, 0.25) is 0 Å². The van der Waals surface area contributed by atoms with Gasteiger partial charge in [-0.15, -0.1) is 0 Å². The first-order valence-electron chi connectivity index (χ1n) is 12.9. The number of hydrogen-bond donors (Lipinski definition) is 3. The van der Waals surface area contributed by atoms with Crippen LogP contribution in [0.1, 0.15) is 72.0 Å². The number of aryl methyl sites for hydroxylation is 1. The number of esters is 1. The molecule has 4 heterocycles. The fourth-order valence-electron chi connectivity index (χ4n) is 6.34. The number of aliphatic hydroxyl groups is 2. The fraction of sp³-hybridized carbons (Fsp3) is 0.429. The van der Waals surface area contributed by atoms with E-state index in [4.69, 9.17) is 21.9 Å². The van der Waals surface area contributed by atoms with E-state index in [1.807, 2.05) is 4.57 Å². The largest absolute Gasteiger partial charge is 0.458 e. The number of carbonyl (C=O) groups is 2. The van der Waals surface area contributed by atoms with Crippen molar-refractivity contribution in [1.82, 2.24) is 14.9 Å². The van der Waals surface area contributed by atoms with Crippen LogP contribution >= 0.6 is 12.2 Å². The van der Waals surface area contributed by atoms with Gasteiger partial charge < -0.3 is 24.8 Å². The molecule has 2 aliphatic heterocycles. The second kappa shape index (κ2) is 7.68. The quantitative estimate of drug-likeness (QED) is 0.272. The van der Waals surface area contributed by atoms with Gasteiger partial charge in [-0.2, -0.15) is 0 Å². The van der Waals surface area contributed by atoms with Crippen molar-refractivity contribution in [2.45, 2.75) is 76.3 Å². The molecule has 2 aromatic heterocycles. The van der Waals surface area contributed by atoms with Crippen LogP contribution in [0.3, 0.4) is 0 Å². The number of pyridine rings is 2. The van der Waals surface area contributed by atoms with Gasteiger partial charge in [-0.1, -0.05) is 19.1 Å². The molecule has 3 aromatic rings. The standard InChI is InChI=1S/C28H26FN3O5S/c1-3-28(36)16-8-20-23-14(10-32(20)24(38)15(16)11-37-26(28)34)22-18(31-25(33)27(35)6-7-27)5-4-13-12(2)17(29)9-19(30-23)21(13)22/h8-9,18,35-36H,3-7,10-11H2,1-2H3,(H,31,33)/t18-,28+/m1/s1. The highest BCUT2D eigenvalue weighted by Crippen LogP contribution is 2.47. The summed E-state index contributed by atoms with van der Waals surface area (Å²) in [6.07, 6.45) is 2.11. The number of aromatic nitrogens is 2. The molecule has 3 N–H and O–H groups in total. The Morgan fingerprint density at radius 2 is 2.05 bits per heavy atom. The number of hydrogen-bond acceptors (Lipinski definition) is 7. The minimum atomic E-state index is -1.82. The molecule has 8 nitrogen and oxygen atoms in total. The first-order valence-corrected chi connectivity index (χ1v) is 13.3. The van der Waals surface area contributed by atoms with E-state index in [-0.39, 0.29) is 24.9 Å². The number of cyclic esters (lactones) is 1. The SMILES string of the molecule is CC[C@@]1(O)C(=O)OCc2c1cc1n(c2=S)Cc2c-1nc1cc(F)c(C)c3c1c2[C@H](NC(=O)C1(O)CC1)CC3. The predicted molar refractivity (Wildman–Crippen MR) is 137 cm³/mol. The molecule has 196 valence electrons. The van der Waals surface area contributed by atoms with Crippen molar-refractivity contribution in [3.8, 4) is 11.4 Å². The minimum Gasteiger partial charge on any atom is -0.458 e. The number of fused-ring (bicyclic) bond motifs is 5. The number of rotatable bonds is 3. The molecule has 10 heteroatoms.